The molecule has 0 aliphatic carbocycles. The number of carbonyl (C=O) groups excluding carboxylic acids is 2. The molecule has 13 nitrogen and oxygen atoms in total. The molecule has 3 rings (SSSR count). The minimum atomic E-state index is -3.35. The van der Waals surface area contributed by atoms with Gasteiger partial charge in [0, 0.05) is 25.7 Å². The first-order valence-electron chi connectivity index (χ1n) is 9.48. The molecule has 3 heterocycles. The number of carbonyl (C=O) groups is 2. The average Bonchev–Trinajstić information content (AvgIpc) is 3.32. The molecule has 2 aromatic rings. The highest BCUT2D eigenvalue weighted by atomic mass is 31.2. The molecular formula is C16H25N8O5P. The van der Waals surface area contributed by atoms with E-state index in [4.69, 9.17) is 16.0 Å². The molecule has 1 saturated heterocycles. The Hall–Kier alpha value is -2.76. The number of likely N-dealkylation sites (tertiary alicyclic amines) is 1. The van der Waals surface area contributed by atoms with E-state index >= 15 is 0 Å². The van der Waals surface area contributed by atoms with E-state index in [0.717, 1.165) is 0 Å². The van der Waals surface area contributed by atoms with Crippen LogP contribution in [0.15, 0.2) is 11.1 Å². The van der Waals surface area contributed by atoms with Gasteiger partial charge in [-0.15, -0.1) is 0 Å². The Kier molecular flexibility index (Phi) is 6.54. The molecule has 164 valence electrons. The van der Waals surface area contributed by atoms with Gasteiger partial charge in [-0.25, -0.2) is 10.1 Å². The molecule has 1 aliphatic rings. The first-order chi connectivity index (χ1) is 14.2. The lowest BCUT2D eigenvalue weighted by molar-refractivity contribution is -0.141. The van der Waals surface area contributed by atoms with Crippen LogP contribution in [0.5, 0.6) is 0 Å². The van der Waals surface area contributed by atoms with E-state index in [1.165, 1.54) is 6.33 Å². The summed E-state index contributed by atoms with van der Waals surface area (Å²) in [4.78, 5) is 48.1. The number of aromatic nitrogens is 4. The second-order valence-corrected chi connectivity index (χ2v) is 9.32. The molecule has 0 saturated carbocycles. The fourth-order valence-corrected chi connectivity index (χ4v) is 4.39. The Balaban J connectivity index is 1.57. The fraction of sp³-hybridized carbons (Fsp3) is 0.562. The van der Waals surface area contributed by atoms with Gasteiger partial charge in [-0.1, -0.05) is 0 Å². The molecular weight excluding hydrogens is 415 g/mol. The zero-order chi connectivity index (χ0) is 21.9. The van der Waals surface area contributed by atoms with Gasteiger partial charge in [0.05, 0.1) is 19.0 Å². The van der Waals surface area contributed by atoms with Crippen molar-refractivity contribution >= 4 is 36.4 Å². The molecule has 0 bridgehead atoms. The SMILES string of the molecule is CCOC(=O)CNP(N)(=O)CCC(=O)N1CC[C@H](n2cnc3c(=O)[nH]c(N)nc32)C1. The Morgan fingerprint density at radius 1 is 1.47 bits per heavy atom. The summed E-state index contributed by atoms with van der Waals surface area (Å²) in [6, 6.07) is -0.112. The van der Waals surface area contributed by atoms with Gasteiger partial charge in [0.15, 0.2) is 11.2 Å². The number of amides is 1. The predicted molar refractivity (Wildman–Crippen MR) is 109 cm³/mol. The van der Waals surface area contributed by atoms with Crippen molar-refractivity contribution < 1.29 is 18.9 Å². The third kappa shape index (κ3) is 5.04. The van der Waals surface area contributed by atoms with Crippen LogP contribution in [0.3, 0.4) is 0 Å². The molecule has 2 aromatic heterocycles. The summed E-state index contributed by atoms with van der Waals surface area (Å²) in [5.41, 5.74) is 11.5. The van der Waals surface area contributed by atoms with Crippen molar-refractivity contribution in [1.82, 2.24) is 29.5 Å². The lowest BCUT2D eigenvalue weighted by Crippen LogP contribution is -2.32. The van der Waals surface area contributed by atoms with E-state index < -0.39 is 19.0 Å². The number of ether oxygens (including phenoxy) is 1. The molecule has 2 atom stereocenters. The number of fused-ring (bicyclic) bond motifs is 1. The average molecular weight is 440 g/mol. The number of hydrogen-bond donors (Lipinski definition) is 4. The van der Waals surface area contributed by atoms with E-state index in [9.17, 15) is 18.9 Å². The lowest BCUT2D eigenvalue weighted by Gasteiger charge is -2.19. The predicted octanol–water partition coefficient (Wildman–Crippen LogP) is -0.830. The smallest absolute Gasteiger partial charge is 0.320 e. The molecule has 1 amide bonds. The quantitative estimate of drug-likeness (QED) is 0.297. The van der Waals surface area contributed by atoms with Crippen LogP contribution in [-0.4, -0.2) is 68.7 Å². The number of imidazole rings is 1. The van der Waals surface area contributed by atoms with Crippen LogP contribution in [0.4, 0.5) is 5.95 Å². The maximum atomic E-state index is 12.5. The summed E-state index contributed by atoms with van der Waals surface area (Å²) in [5.74, 6) is -0.762. The molecule has 14 heteroatoms. The van der Waals surface area contributed by atoms with Gasteiger partial charge in [0.2, 0.25) is 19.3 Å². The van der Waals surface area contributed by atoms with Crippen molar-refractivity contribution in [2.75, 3.05) is 38.1 Å². The van der Waals surface area contributed by atoms with Crippen molar-refractivity contribution in [3.8, 4) is 0 Å². The molecule has 0 spiro atoms. The van der Waals surface area contributed by atoms with Crippen LogP contribution in [-0.2, 0) is 18.9 Å². The molecule has 0 radical (unpaired) electrons. The van der Waals surface area contributed by atoms with Gasteiger partial charge in [-0.2, -0.15) is 4.98 Å². The van der Waals surface area contributed by atoms with E-state index in [-0.39, 0.29) is 49.1 Å². The molecule has 6 N–H and O–H groups in total. The number of esters is 1. The third-order valence-electron chi connectivity index (χ3n) is 4.81. The van der Waals surface area contributed by atoms with Gasteiger partial charge in [-0.3, -0.25) is 29.4 Å². The van der Waals surface area contributed by atoms with Gasteiger partial charge >= 0.3 is 5.97 Å². The number of nitrogen functional groups attached to an aromatic ring is 1. The molecule has 0 aromatic carbocycles. The summed E-state index contributed by atoms with van der Waals surface area (Å²) >= 11 is 0. The number of anilines is 1. The largest absolute Gasteiger partial charge is 0.465 e. The first kappa shape index (κ1) is 21.9. The van der Waals surface area contributed by atoms with Crippen LogP contribution < -0.4 is 21.9 Å². The number of nitrogens with one attached hydrogen (secondary N) is 2. The van der Waals surface area contributed by atoms with Crippen molar-refractivity contribution in [2.45, 2.75) is 25.8 Å². The second kappa shape index (κ2) is 8.94. The fourth-order valence-electron chi connectivity index (χ4n) is 3.31. The third-order valence-corrected chi connectivity index (χ3v) is 6.40. The highest BCUT2D eigenvalue weighted by Gasteiger charge is 2.30. The van der Waals surface area contributed by atoms with E-state index in [2.05, 4.69) is 20.0 Å². The summed E-state index contributed by atoms with van der Waals surface area (Å²) in [5, 5.41) is 2.47. The maximum Gasteiger partial charge on any atom is 0.320 e. The number of hydrogen-bond acceptors (Lipinski definition) is 8. The Labute approximate surface area is 171 Å². The Morgan fingerprint density at radius 3 is 2.97 bits per heavy atom. The lowest BCUT2D eigenvalue weighted by atomic mass is 10.2. The van der Waals surface area contributed by atoms with E-state index in [0.29, 0.717) is 25.2 Å². The molecule has 1 unspecified atom stereocenters. The van der Waals surface area contributed by atoms with Crippen LogP contribution in [0.2, 0.25) is 0 Å². The van der Waals surface area contributed by atoms with Gasteiger partial charge in [0.1, 0.15) is 6.54 Å². The highest BCUT2D eigenvalue weighted by molar-refractivity contribution is 7.59. The monoisotopic (exact) mass is 440 g/mol. The van der Waals surface area contributed by atoms with Crippen molar-refractivity contribution in [3.05, 3.63) is 16.7 Å². The maximum absolute atomic E-state index is 12.5. The minimum absolute atomic E-state index is 0.00537. The van der Waals surface area contributed by atoms with Crippen LogP contribution in [0, 0.1) is 0 Å². The van der Waals surface area contributed by atoms with Crippen molar-refractivity contribution in [1.29, 1.82) is 0 Å². The van der Waals surface area contributed by atoms with Crippen molar-refractivity contribution in [2.24, 2.45) is 5.50 Å². The van der Waals surface area contributed by atoms with E-state index in [1.54, 1.807) is 16.4 Å². The van der Waals surface area contributed by atoms with Crippen LogP contribution >= 0.6 is 7.44 Å². The first-order valence-corrected chi connectivity index (χ1v) is 11.4. The number of aromatic amines is 1. The van der Waals surface area contributed by atoms with Gasteiger partial charge in [0.25, 0.3) is 5.56 Å². The number of nitrogens with two attached hydrogens (primary N) is 2. The van der Waals surface area contributed by atoms with Crippen LogP contribution in [0.1, 0.15) is 25.8 Å². The number of nitrogens with zero attached hydrogens (tertiary/aromatic N) is 4. The Morgan fingerprint density at radius 2 is 2.23 bits per heavy atom. The normalized spacial score (nSPS) is 18.5. The summed E-state index contributed by atoms with van der Waals surface area (Å²) in [6.07, 6.45) is 2.06. The summed E-state index contributed by atoms with van der Waals surface area (Å²) < 4.78 is 18.8. The van der Waals surface area contributed by atoms with Crippen molar-refractivity contribution in [3.63, 3.8) is 0 Å². The van der Waals surface area contributed by atoms with E-state index in [1.807, 2.05) is 0 Å². The highest BCUT2D eigenvalue weighted by Crippen LogP contribution is 2.32. The molecule has 1 fully saturated rings. The van der Waals surface area contributed by atoms with Gasteiger partial charge < -0.3 is 19.9 Å². The zero-order valence-corrected chi connectivity index (χ0v) is 17.4. The Bertz CT molecular complexity index is 1050. The topological polar surface area (TPSA) is 191 Å². The second-order valence-electron chi connectivity index (χ2n) is 6.97. The number of rotatable bonds is 8. The standard InChI is InChI=1S/C16H25N8O5P/c1-2-29-12(26)7-20-30(18,28)6-4-11(25)23-5-3-10(8-23)24-9-19-13-14(24)21-16(17)22-15(13)27/h9-10H,2-8H2,1H3,(H3,18,20,28)(H3,17,21,22,27)/t10-,30?/m0/s1. The summed E-state index contributed by atoms with van der Waals surface area (Å²) in [7, 11) is -3.35. The zero-order valence-electron chi connectivity index (χ0n) is 16.5. The van der Waals surface area contributed by atoms with Crippen LogP contribution in [0.25, 0.3) is 11.2 Å². The molecule has 30 heavy (non-hydrogen) atoms. The molecule has 1 aliphatic heterocycles. The summed E-state index contributed by atoms with van der Waals surface area (Å²) in [6.45, 7) is 2.49. The minimum Gasteiger partial charge on any atom is -0.465 e. The number of H-pyrrole nitrogens is 1. The van der Waals surface area contributed by atoms with Gasteiger partial charge in [-0.05, 0) is 13.3 Å².